The molecule has 2 aromatic heterocycles. The Labute approximate surface area is 263 Å². The van der Waals surface area contributed by atoms with E-state index >= 15 is 0 Å². The molecule has 4 heterocycles. The van der Waals surface area contributed by atoms with Crippen LogP contribution in [-0.2, 0) is 24.4 Å². The Morgan fingerprint density at radius 1 is 1.11 bits per heavy atom. The summed E-state index contributed by atoms with van der Waals surface area (Å²) < 4.78 is 11.1. The quantitative estimate of drug-likeness (QED) is 0.278. The number of piperazine rings is 1. The van der Waals surface area contributed by atoms with E-state index in [4.69, 9.17) is 14.1 Å². The molecule has 0 unspecified atom stereocenters. The zero-order valence-electron chi connectivity index (χ0n) is 25.9. The van der Waals surface area contributed by atoms with E-state index in [1.807, 2.05) is 24.0 Å². The standard InChI is InChI=1S/C33H43N7O5/c1-2-32(42)40-12-10-39(11-13-40)31-16-25(15-30(37-31)36-26-4-3-5-26)33(43)35-17-27(41)20-38-9-8-23-14-28(7-6-24(23)19-38)44-21-29-18-34-22-45-29/h6-7,14-16,18,22,26-27,41H,2-5,8-13,17,19-21H2,1H3,(H,35,43)(H,36,37)/t27-/m0/s1. The predicted molar refractivity (Wildman–Crippen MR) is 169 cm³/mol. The number of amides is 2. The van der Waals surface area contributed by atoms with Crippen LogP contribution in [0.25, 0.3) is 0 Å². The van der Waals surface area contributed by atoms with Crippen molar-refractivity contribution in [2.45, 2.75) is 64.3 Å². The van der Waals surface area contributed by atoms with Crippen molar-refractivity contribution in [3.8, 4) is 5.75 Å². The second-order valence-corrected chi connectivity index (χ2v) is 12.1. The maximum absolute atomic E-state index is 13.3. The third kappa shape index (κ3) is 7.93. The van der Waals surface area contributed by atoms with Gasteiger partial charge in [-0.3, -0.25) is 14.5 Å². The molecular formula is C33H43N7O5. The van der Waals surface area contributed by atoms with E-state index in [0.717, 1.165) is 43.9 Å². The summed E-state index contributed by atoms with van der Waals surface area (Å²) in [6.45, 7) is 6.98. The molecule has 1 saturated carbocycles. The molecule has 3 N–H and O–H groups in total. The van der Waals surface area contributed by atoms with Gasteiger partial charge in [0.15, 0.2) is 12.2 Å². The SMILES string of the molecule is CCC(=O)N1CCN(c2cc(C(=O)NC[C@H](O)CN3CCc4cc(OCc5cnco5)ccc4C3)cc(NC3CCC3)n2)CC1. The molecule has 0 spiro atoms. The van der Waals surface area contributed by atoms with Gasteiger partial charge in [-0.05, 0) is 61.1 Å². The van der Waals surface area contributed by atoms with Gasteiger partial charge in [0.1, 0.15) is 24.0 Å². The van der Waals surface area contributed by atoms with Crippen LogP contribution in [0.4, 0.5) is 11.6 Å². The van der Waals surface area contributed by atoms with E-state index in [-0.39, 0.29) is 18.4 Å². The molecule has 1 aliphatic carbocycles. The Morgan fingerprint density at radius 3 is 2.69 bits per heavy atom. The Balaban J connectivity index is 1.02. The van der Waals surface area contributed by atoms with E-state index in [1.165, 1.54) is 23.9 Å². The van der Waals surface area contributed by atoms with Gasteiger partial charge >= 0.3 is 0 Å². The van der Waals surface area contributed by atoms with E-state index in [1.54, 1.807) is 12.3 Å². The number of carbonyl (C=O) groups excluding carboxylic acids is 2. The number of aliphatic hydroxyl groups is 1. The van der Waals surface area contributed by atoms with Gasteiger partial charge in [0, 0.05) is 70.4 Å². The monoisotopic (exact) mass is 617 g/mol. The van der Waals surface area contributed by atoms with Crippen LogP contribution in [-0.4, -0.2) is 94.6 Å². The molecular weight excluding hydrogens is 574 g/mol. The molecule has 12 heteroatoms. The summed E-state index contributed by atoms with van der Waals surface area (Å²) in [5, 5.41) is 17.3. The van der Waals surface area contributed by atoms with E-state index in [2.05, 4.69) is 37.6 Å². The highest BCUT2D eigenvalue weighted by atomic mass is 16.5. The van der Waals surface area contributed by atoms with E-state index in [0.29, 0.717) is 68.9 Å². The third-order valence-electron chi connectivity index (χ3n) is 8.89. The summed E-state index contributed by atoms with van der Waals surface area (Å²) in [7, 11) is 0. The molecule has 1 atom stereocenters. The minimum absolute atomic E-state index is 0.150. The fourth-order valence-electron chi connectivity index (χ4n) is 6.03. The second-order valence-electron chi connectivity index (χ2n) is 12.1. The van der Waals surface area contributed by atoms with Crippen molar-refractivity contribution in [3.05, 3.63) is 65.4 Å². The molecule has 0 radical (unpaired) electrons. The lowest BCUT2D eigenvalue weighted by atomic mass is 9.93. The smallest absolute Gasteiger partial charge is 0.251 e. The third-order valence-corrected chi connectivity index (χ3v) is 8.89. The number of ether oxygens (including phenoxy) is 1. The number of hydrogen-bond donors (Lipinski definition) is 3. The molecule has 3 aliphatic rings. The van der Waals surface area contributed by atoms with Crippen molar-refractivity contribution >= 4 is 23.5 Å². The molecule has 3 aromatic rings. The zero-order valence-corrected chi connectivity index (χ0v) is 25.9. The number of fused-ring (bicyclic) bond motifs is 1. The topological polar surface area (TPSA) is 136 Å². The first-order valence-electron chi connectivity index (χ1n) is 16.1. The number of aromatic nitrogens is 2. The van der Waals surface area contributed by atoms with Gasteiger partial charge in [0.2, 0.25) is 5.91 Å². The van der Waals surface area contributed by atoms with Crippen molar-refractivity contribution in [1.29, 1.82) is 0 Å². The van der Waals surface area contributed by atoms with Gasteiger partial charge in [-0.15, -0.1) is 0 Å². The lowest BCUT2D eigenvalue weighted by Gasteiger charge is -2.36. The summed E-state index contributed by atoms with van der Waals surface area (Å²) in [6.07, 6.45) is 7.06. The minimum atomic E-state index is -0.710. The number of β-amino-alcohol motifs (C(OH)–C–C–N with tert-alkyl or cyclic N) is 1. The molecule has 45 heavy (non-hydrogen) atoms. The van der Waals surface area contributed by atoms with Crippen LogP contribution in [0, 0.1) is 0 Å². The Morgan fingerprint density at radius 2 is 1.96 bits per heavy atom. The summed E-state index contributed by atoms with van der Waals surface area (Å²) in [6, 6.07) is 10.1. The van der Waals surface area contributed by atoms with Crippen molar-refractivity contribution in [2.75, 3.05) is 56.0 Å². The number of nitrogens with zero attached hydrogens (tertiary/aromatic N) is 5. The second kappa shape index (κ2) is 14.3. The van der Waals surface area contributed by atoms with Crippen LogP contribution >= 0.6 is 0 Å². The molecule has 6 rings (SSSR count). The van der Waals surface area contributed by atoms with Gasteiger partial charge in [0.05, 0.1) is 12.3 Å². The largest absolute Gasteiger partial charge is 0.486 e. The van der Waals surface area contributed by atoms with Crippen LogP contribution in [0.15, 0.2) is 47.3 Å². The highest BCUT2D eigenvalue weighted by molar-refractivity contribution is 5.95. The lowest BCUT2D eigenvalue weighted by molar-refractivity contribution is -0.131. The van der Waals surface area contributed by atoms with E-state index in [9.17, 15) is 14.7 Å². The van der Waals surface area contributed by atoms with Gasteiger partial charge in [-0.25, -0.2) is 9.97 Å². The van der Waals surface area contributed by atoms with Gasteiger partial charge in [-0.2, -0.15) is 0 Å². The fraction of sp³-hybridized carbons (Fsp3) is 0.515. The molecule has 1 aromatic carbocycles. The Hall–Kier alpha value is -4.16. The molecule has 2 amide bonds. The molecule has 2 fully saturated rings. The maximum atomic E-state index is 13.3. The average molecular weight is 618 g/mol. The number of oxazole rings is 1. The number of anilines is 2. The number of benzene rings is 1. The molecule has 1 saturated heterocycles. The Bertz CT molecular complexity index is 1450. The zero-order chi connectivity index (χ0) is 31.2. The van der Waals surface area contributed by atoms with Crippen LogP contribution in [0.5, 0.6) is 5.75 Å². The number of aliphatic hydroxyl groups excluding tert-OH is 1. The Kier molecular flexibility index (Phi) is 9.80. The summed E-state index contributed by atoms with van der Waals surface area (Å²) in [5.41, 5.74) is 2.96. The van der Waals surface area contributed by atoms with Gasteiger partial charge < -0.3 is 34.7 Å². The predicted octanol–water partition coefficient (Wildman–Crippen LogP) is 2.82. The fourth-order valence-corrected chi connectivity index (χ4v) is 6.03. The number of rotatable bonds is 12. The van der Waals surface area contributed by atoms with Crippen molar-refractivity contribution in [2.24, 2.45) is 0 Å². The number of pyridine rings is 1. The molecule has 0 bridgehead atoms. The average Bonchev–Trinajstić information content (AvgIpc) is 3.58. The van der Waals surface area contributed by atoms with Crippen LogP contribution < -0.4 is 20.3 Å². The molecule has 240 valence electrons. The number of hydrogen-bond acceptors (Lipinski definition) is 10. The normalized spacial score (nSPS) is 17.7. The first-order valence-corrected chi connectivity index (χ1v) is 16.1. The van der Waals surface area contributed by atoms with Gasteiger partial charge in [0.25, 0.3) is 5.91 Å². The van der Waals surface area contributed by atoms with Gasteiger partial charge in [-0.1, -0.05) is 13.0 Å². The molecule has 2 aliphatic heterocycles. The van der Waals surface area contributed by atoms with Crippen molar-refractivity contribution < 1.29 is 23.8 Å². The summed E-state index contributed by atoms with van der Waals surface area (Å²) in [4.78, 5) is 40.4. The van der Waals surface area contributed by atoms with Crippen LogP contribution in [0.2, 0.25) is 0 Å². The first-order chi connectivity index (χ1) is 21.9. The highest BCUT2D eigenvalue weighted by Gasteiger charge is 2.25. The summed E-state index contributed by atoms with van der Waals surface area (Å²) >= 11 is 0. The maximum Gasteiger partial charge on any atom is 0.251 e. The van der Waals surface area contributed by atoms with Crippen molar-refractivity contribution in [3.63, 3.8) is 0 Å². The van der Waals surface area contributed by atoms with Crippen molar-refractivity contribution in [1.82, 2.24) is 25.1 Å². The minimum Gasteiger partial charge on any atom is -0.486 e. The molecule has 12 nitrogen and oxygen atoms in total. The number of carbonyl (C=O) groups is 2. The van der Waals surface area contributed by atoms with E-state index < -0.39 is 6.10 Å². The highest BCUT2D eigenvalue weighted by Crippen LogP contribution is 2.27. The first kappa shape index (κ1) is 30.8. The van der Waals surface area contributed by atoms with Crippen LogP contribution in [0.3, 0.4) is 0 Å². The summed E-state index contributed by atoms with van der Waals surface area (Å²) in [5.74, 6) is 2.81. The number of nitrogens with one attached hydrogen (secondary N) is 2. The van der Waals surface area contributed by atoms with Crippen LogP contribution in [0.1, 0.15) is 59.9 Å². The lowest BCUT2D eigenvalue weighted by Crippen LogP contribution is -2.49.